The Morgan fingerprint density at radius 3 is 2.42 bits per heavy atom. The molecule has 4 nitrogen and oxygen atoms in total. The zero-order valence-corrected chi connectivity index (χ0v) is 9.83. The first-order valence-electron chi connectivity index (χ1n) is 5.48. The number of carbonyl (C=O) groups is 2. The molecule has 0 saturated carbocycles. The van der Waals surface area contributed by atoms with Crippen molar-refractivity contribution in [2.45, 2.75) is 19.0 Å². The Labute approximate surface area is 107 Å². The topological polar surface area (TPSA) is 66.4 Å². The average Bonchev–Trinajstić information content (AvgIpc) is 2.33. The zero-order valence-electron chi connectivity index (χ0n) is 9.83. The van der Waals surface area contributed by atoms with E-state index in [-0.39, 0.29) is 19.4 Å². The molecule has 19 heavy (non-hydrogen) atoms. The molecular weight excluding hydrogens is 263 g/mol. The van der Waals surface area contributed by atoms with Gasteiger partial charge in [-0.2, -0.15) is 13.2 Å². The van der Waals surface area contributed by atoms with Crippen molar-refractivity contribution < 1.29 is 27.9 Å². The second-order valence-corrected chi connectivity index (χ2v) is 3.80. The lowest BCUT2D eigenvalue weighted by molar-refractivity contribution is -0.138. The summed E-state index contributed by atoms with van der Waals surface area (Å²) < 4.78 is 37.9. The Morgan fingerprint density at radius 2 is 1.84 bits per heavy atom. The molecule has 0 bridgehead atoms. The molecule has 0 heterocycles. The van der Waals surface area contributed by atoms with Crippen LogP contribution in [0.1, 0.15) is 28.8 Å². The van der Waals surface area contributed by atoms with Gasteiger partial charge in [-0.1, -0.05) is 12.1 Å². The highest BCUT2D eigenvalue weighted by molar-refractivity contribution is 5.95. The van der Waals surface area contributed by atoms with Crippen LogP contribution < -0.4 is 5.32 Å². The first-order valence-corrected chi connectivity index (χ1v) is 5.48. The number of hydrogen-bond donors (Lipinski definition) is 2. The van der Waals surface area contributed by atoms with Gasteiger partial charge in [0, 0.05) is 13.0 Å². The number of rotatable bonds is 5. The fraction of sp³-hybridized carbons (Fsp3) is 0.333. The van der Waals surface area contributed by atoms with E-state index in [2.05, 4.69) is 5.32 Å². The normalized spacial score (nSPS) is 11.1. The van der Waals surface area contributed by atoms with Crippen LogP contribution in [-0.2, 0) is 11.0 Å². The van der Waals surface area contributed by atoms with Gasteiger partial charge >= 0.3 is 12.1 Å². The quantitative estimate of drug-likeness (QED) is 0.810. The molecule has 1 rings (SSSR count). The lowest BCUT2D eigenvalue weighted by Crippen LogP contribution is -2.27. The highest BCUT2D eigenvalue weighted by Crippen LogP contribution is 2.31. The molecule has 1 aromatic rings. The Kier molecular flexibility index (Phi) is 4.91. The lowest BCUT2D eigenvalue weighted by Gasteiger charge is -2.12. The molecule has 0 unspecified atom stereocenters. The van der Waals surface area contributed by atoms with Gasteiger partial charge in [0.1, 0.15) is 0 Å². The van der Waals surface area contributed by atoms with Crippen molar-refractivity contribution in [1.82, 2.24) is 5.32 Å². The molecule has 104 valence electrons. The third kappa shape index (κ3) is 4.61. The second kappa shape index (κ2) is 6.21. The van der Waals surface area contributed by atoms with Gasteiger partial charge in [0.2, 0.25) is 0 Å². The van der Waals surface area contributed by atoms with Crippen molar-refractivity contribution in [1.29, 1.82) is 0 Å². The van der Waals surface area contributed by atoms with Crippen molar-refractivity contribution in [3.63, 3.8) is 0 Å². The molecule has 0 aliphatic rings. The maximum atomic E-state index is 12.6. The van der Waals surface area contributed by atoms with Crippen molar-refractivity contribution in [3.05, 3.63) is 35.4 Å². The maximum absolute atomic E-state index is 12.6. The van der Waals surface area contributed by atoms with Crippen LogP contribution in [0.4, 0.5) is 13.2 Å². The molecule has 2 N–H and O–H groups in total. The molecular formula is C12H12F3NO3. The van der Waals surface area contributed by atoms with Gasteiger partial charge in [0.25, 0.3) is 5.91 Å². The van der Waals surface area contributed by atoms with E-state index in [0.29, 0.717) is 0 Å². The highest BCUT2D eigenvalue weighted by Gasteiger charge is 2.34. The first kappa shape index (κ1) is 15.0. The van der Waals surface area contributed by atoms with E-state index in [9.17, 15) is 22.8 Å². The molecule has 1 aromatic carbocycles. The summed E-state index contributed by atoms with van der Waals surface area (Å²) in [7, 11) is 0. The Bertz CT molecular complexity index is 472. The molecule has 0 radical (unpaired) electrons. The van der Waals surface area contributed by atoms with Crippen LogP contribution in [0.25, 0.3) is 0 Å². The van der Waals surface area contributed by atoms with Crippen LogP contribution in [0.15, 0.2) is 24.3 Å². The first-order chi connectivity index (χ1) is 8.82. The van der Waals surface area contributed by atoms with Gasteiger partial charge in [-0.25, -0.2) is 0 Å². The predicted molar refractivity (Wildman–Crippen MR) is 60.6 cm³/mol. The summed E-state index contributed by atoms with van der Waals surface area (Å²) in [5.41, 5.74) is -1.48. The van der Waals surface area contributed by atoms with Crippen LogP contribution >= 0.6 is 0 Å². The minimum atomic E-state index is -4.60. The molecule has 0 aliphatic heterocycles. The summed E-state index contributed by atoms with van der Waals surface area (Å²) in [5, 5.41) is 10.6. The smallest absolute Gasteiger partial charge is 0.417 e. The molecule has 0 atom stereocenters. The number of benzene rings is 1. The number of carboxylic acids is 1. The maximum Gasteiger partial charge on any atom is 0.417 e. The zero-order chi connectivity index (χ0) is 14.5. The Balaban J connectivity index is 2.70. The molecule has 0 saturated heterocycles. The monoisotopic (exact) mass is 275 g/mol. The summed E-state index contributed by atoms with van der Waals surface area (Å²) in [5.74, 6) is -1.89. The van der Waals surface area contributed by atoms with Gasteiger partial charge in [-0.3, -0.25) is 9.59 Å². The van der Waals surface area contributed by atoms with E-state index in [1.807, 2.05) is 0 Å². The molecule has 0 aromatic heterocycles. The minimum Gasteiger partial charge on any atom is -0.481 e. The Morgan fingerprint density at radius 1 is 1.21 bits per heavy atom. The van der Waals surface area contributed by atoms with Crippen molar-refractivity contribution in [3.8, 4) is 0 Å². The number of alkyl halides is 3. The third-order valence-corrected chi connectivity index (χ3v) is 2.33. The number of carbonyl (C=O) groups excluding carboxylic acids is 1. The summed E-state index contributed by atoms with van der Waals surface area (Å²) in [6, 6.07) is 4.44. The van der Waals surface area contributed by atoms with Gasteiger partial charge in [-0.15, -0.1) is 0 Å². The minimum absolute atomic E-state index is 0.0112. The van der Waals surface area contributed by atoms with E-state index in [1.165, 1.54) is 12.1 Å². The lowest BCUT2D eigenvalue weighted by atomic mass is 10.1. The van der Waals surface area contributed by atoms with Gasteiger partial charge in [0.15, 0.2) is 0 Å². The predicted octanol–water partition coefficient (Wildman–Crippen LogP) is 2.30. The van der Waals surface area contributed by atoms with E-state index >= 15 is 0 Å². The van der Waals surface area contributed by atoms with E-state index in [1.54, 1.807) is 0 Å². The fourth-order valence-corrected chi connectivity index (χ4v) is 1.47. The number of amides is 1. The average molecular weight is 275 g/mol. The second-order valence-electron chi connectivity index (χ2n) is 3.80. The third-order valence-electron chi connectivity index (χ3n) is 2.33. The van der Waals surface area contributed by atoms with Crippen LogP contribution in [0.2, 0.25) is 0 Å². The molecule has 0 spiro atoms. The van der Waals surface area contributed by atoms with Crippen molar-refractivity contribution in [2.75, 3.05) is 6.54 Å². The van der Waals surface area contributed by atoms with Gasteiger partial charge in [0.05, 0.1) is 11.1 Å². The van der Waals surface area contributed by atoms with Crippen LogP contribution in [0.3, 0.4) is 0 Å². The van der Waals surface area contributed by atoms with Crippen molar-refractivity contribution in [2.24, 2.45) is 0 Å². The molecule has 0 aliphatic carbocycles. The summed E-state index contributed by atoms with van der Waals surface area (Å²) >= 11 is 0. The SMILES string of the molecule is O=C(O)CCCNC(=O)c1ccccc1C(F)(F)F. The summed E-state index contributed by atoms with van der Waals surface area (Å²) in [6.45, 7) is 0.0112. The van der Waals surface area contributed by atoms with Gasteiger partial charge < -0.3 is 10.4 Å². The van der Waals surface area contributed by atoms with Gasteiger partial charge in [-0.05, 0) is 18.6 Å². The number of aliphatic carboxylic acids is 1. The molecule has 7 heteroatoms. The molecule has 1 amide bonds. The fourth-order valence-electron chi connectivity index (χ4n) is 1.47. The number of carboxylic acid groups (broad SMARTS) is 1. The van der Waals surface area contributed by atoms with E-state index in [0.717, 1.165) is 12.1 Å². The van der Waals surface area contributed by atoms with Crippen LogP contribution in [-0.4, -0.2) is 23.5 Å². The van der Waals surface area contributed by atoms with Crippen LogP contribution in [0.5, 0.6) is 0 Å². The standard InChI is InChI=1S/C12H12F3NO3/c13-12(14,15)9-5-2-1-4-8(9)11(19)16-7-3-6-10(17)18/h1-2,4-5H,3,6-7H2,(H,16,19)(H,17,18). The van der Waals surface area contributed by atoms with E-state index < -0.39 is 29.2 Å². The summed E-state index contributed by atoms with van der Waals surface area (Å²) in [6.07, 6.45) is -4.59. The number of halogens is 3. The summed E-state index contributed by atoms with van der Waals surface area (Å²) in [4.78, 5) is 21.8. The largest absolute Gasteiger partial charge is 0.481 e. The highest BCUT2D eigenvalue weighted by atomic mass is 19.4. The Hall–Kier alpha value is -2.05. The number of nitrogens with one attached hydrogen (secondary N) is 1. The van der Waals surface area contributed by atoms with Crippen LogP contribution in [0, 0.1) is 0 Å². The molecule has 0 fully saturated rings. The van der Waals surface area contributed by atoms with Crippen molar-refractivity contribution >= 4 is 11.9 Å². The van der Waals surface area contributed by atoms with E-state index in [4.69, 9.17) is 5.11 Å². The number of hydrogen-bond acceptors (Lipinski definition) is 2.